The predicted octanol–water partition coefficient (Wildman–Crippen LogP) is 2.64. The van der Waals surface area contributed by atoms with Gasteiger partial charge in [0.05, 0.1) is 30.0 Å². The van der Waals surface area contributed by atoms with Crippen LogP contribution in [0.25, 0.3) is 11.5 Å². The van der Waals surface area contributed by atoms with E-state index in [2.05, 4.69) is 20.3 Å². The van der Waals surface area contributed by atoms with E-state index in [0.717, 1.165) is 24.6 Å². The van der Waals surface area contributed by atoms with Gasteiger partial charge in [-0.15, -0.1) is 10.2 Å². The lowest BCUT2D eigenvalue weighted by Gasteiger charge is -2.28. The van der Waals surface area contributed by atoms with Crippen LogP contribution in [-0.4, -0.2) is 31.6 Å². The highest BCUT2D eigenvalue weighted by molar-refractivity contribution is 5.52. The third-order valence-electron chi connectivity index (χ3n) is 4.14. The quantitative estimate of drug-likeness (QED) is 0.735. The first-order valence-electron chi connectivity index (χ1n) is 7.76. The Hall–Kier alpha value is -2.61. The van der Waals surface area contributed by atoms with Crippen molar-refractivity contribution >= 4 is 0 Å². The molecule has 1 aliphatic rings. The van der Waals surface area contributed by atoms with Gasteiger partial charge >= 0.3 is 0 Å². The Balaban J connectivity index is 1.66. The van der Waals surface area contributed by atoms with E-state index < -0.39 is 5.82 Å². The van der Waals surface area contributed by atoms with Crippen molar-refractivity contribution in [3.05, 3.63) is 48.1 Å². The average molecular weight is 329 g/mol. The van der Waals surface area contributed by atoms with Crippen LogP contribution in [0.4, 0.5) is 4.39 Å². The van der Waals surface area contributed by atoms with Crippen molar-refractivity contribution in [1.29, 1.82) is 0 Å². The minimum Gasteiger partial charge on any atom is -0.420 e. The fraction of sp³-hybridized carbons (Fsp3) is 0.375. The van der Waals surface area contributed by atoms with Gasteiger partial charge in [-0.05, 0) is 18.9 Å². The SMILES string of the molecule is Cn1cc([C@@H]2OCCC[C@H]2c2nnc(-c3ccncc3F)o2)cn1. The lowest BCUT2D eigenvalue weighted by atomic mass is 9.91. The zero-order valence-electron chi connectivity index (χ0n) is 13.1. The van der Waals surface area contributed by atoms with Gasteiger partial charge in [0.25, 0.3) is 5.89 Å². The first-order valence-corrected chi connectivity index (χ1v) is 7.76. The highest BCUT2D eigenvalue weighted by atomic mass is 19.1. The maximum atomic E-state index is 13.8. The Morgan fingerprint density at radius 1 is 1.29 bits per heavy atom. The topological polar surface area (TPSA) is 78.9 Å². The maximum Gasteiger partial charge on any atom is 0.250 e. The van der Waals surface area contributed by atoms with Crippen molar-refractivity contribution in [1.82, 2.24) is 25.0 Å². The van der Waals surface area contributed by atoms with Crippen LogP contribution in [0.1, 0.15) is 36.3 Å². The number of aromatic nitrogens is 5. The lowest BCUT2D eigenvalue weighted by molar-refractivity contribution is -0.00890. The van der Waals surface area contributed by atoms with Crippen LogP contribution in [0.5, 0.6) is 0 Å². The molecule has 8 heteroatoms. The number of hydrogen-bond donors (Lipinski definition) is 0. The smallest absolute Gasteiger partial charge is 0.250 e. The molecule has 0 aliphatic carbocycles. The molecule has 4 heterocycles. The van der Waals surface area contributed by atoms with E-state index in [1.807, 2.05) is 13.2 Å². The summed E-state index contributed by atoms with van der Waals surface area (Å²) in [6.07, 6.45) is 7.89. The molecule has 7 nitrogen and oxygen atoms in total. The molecule has 0 radical (unpaired) electrons. The van der Waals surface area contributed by atoms with E-state index >= 15 is 0 Å². The summed E-state index contributed by atoms with van der Waals surface area (Å²) in [6, 6.07) is 1.52. The molecular formula is C16H16FN5O2. The molecule has 0 amide bonds. The molecule has 0 saturated carbocycles. The zero-order chi connectivity index (χ0) is 16.5. The second kappa shape index (κ2) is 6.12. The van der Waals surface area contributed by atoms with Crippen molar-refractivity contribution in [3.8, 4) is 11.5 Å². The highest BCUT2D eigenvalue weighted by Gasteiger charge is 2.34. The summed E-state index contributed by atoms with van der Waals surface area (Å²) >= 11 is 0. The minimum absolute atomic E-state index is 0.0749. The largest absolute Gasteiger partial charge is 0.420 e. The van der Waals surface area contributed by atoms with Gasteiger partial charge in [-0.3, -0.25) is 9.67 Å². The average Bonchev–Trinajstić information content (AvgIpc) is 3.24. The van der Waals surface area contributed by atoms with E-state index in [1.54, 1.807) is 10.9 Å². The fourth-order valence-electron chi connectivity index (χ4n) is 2.99. The Morgan fingerprint density at radius 2 is 2.21 bits per heavy atom. The van der Waals surface area contributed by atoms with Gasteiger partial charge in [0, 0.05) is 31.6 Å². The maximum absolute atomic E-state index is 13.8. The van der Waals surface area contributed by atoms with Crippen LogP contribution in [0.15, 0.2) is 35.3 Å². The number of ether oxygens (including phenoxy) is 1. The molecule has 0 unspecified atom stereocenters. The summed E-state index contributed by atoms with van der Waals surface area (Å²) in [5.41, 5.74) is 1.22. The Bertz CT molecular complexity index is 846. The molecule has 24 heavy (non-hydrogen) atoms. The number of pyridine rings is 1. The molecular weight excluding hydrogens is 313 g/mol. The molecule has 0 bridgehead atoms. The van der Waals surface area contributed by atoms with Crippen LogP contribution in [0, 0.1) is 5.82 Å². The standard InChI is InChI=1S/C16H16FN5O2/c1-22-9-10(7-19-22)14-12(3-2-6-23-14)16-21-20-15(24-16)11-4-5-18-8-13(11)17/h4-5,7-9,12,14H,2-3,6H2,1H3/t12-,14+/m1/s1. The van der Waals surface area contributed by atoms with Gasteiger partial charge in [-0.1, -0.05) is 0 Å². The van der Waals surface area contributed by atoms with Crippen molar-refractivity contribution in [2.45, 2.75) is 24.9 Å². The molecule has 3 aromatic rings. The monoisotopic (exact) mass is 329 g/mol. The number of rotatable bonds is 3. The van der Waals surface area contributed by atoms with Crippen LogP contribution < -0.4 is 0 Å². The molecule has 1 aliphatic heterocycles. The number of halogens is 1. The number of nitrogens with zero attached hydrogens (tertiary/aromatic N) is 5. The molecule has 1 saturated heterocycles. The van der Waals surface area contributed by atoms with Crippen molar-refractivity contribution < 1.29 is 13.5 Å². The van der Waals surface area contributed by atoms with Gasteiger partial charge in [0.15, 0.2) is 5.82 Å². The van der Waals surface area contributed by atoms with Gasteiger partial charge in [-0.25, -0.2) is 4.39 Å². The summed E-state index contributed by atoms with van der Waals surface area (Å²) in [7, 11) is 1.86. The first kappa shape index (κ1) is 14.9. The molecule has 0 aromatic carbocycles. The Morgan fingerprint density at radius 3 is 3.00 bits per heavy atom. The zero-order valence-corrected chi connectivity index (χ0v) is 13.1. The fourth-order valence-corrected chi connectivity index (χ4v) is 2.99. The lowest BCUT2D eigenvalue weighted by Crippen LogP contribution is -2.21. The summed E-state index contributed by atoms with van der Waals surface area (Å²) in [4.78, 5) is 3.73. The van der Waals surface area contributed by atoms with E-state index in [4.69, 9.17) is 9.15 Å². The normalized spacial score (nSPS) is 21.1. The van der Waals surface area contributed by atoms with Gasteiger partial charge in [0.2, 0.25) is 5.89 Å². The third kappa shape index (κ3) is 2.69. The molecule has 124 valence electrons. The van der Waals surface area contributed by atoms with Crippen molar-refractivity contribution in [2.24, 2.45) is 7.05 Å². The molecule has 0 spiro atoms. The van der Waals surface area contributed by atoms with E-state index in [1.165, 1.54) is 12.3 Å². The number of hydrogen-bond acceptors (Lipinski definition) is 6. The molecule has 3 aromatic heterocycles. The summed E-state index contributed by atoms with van der Waals surface area (Å²) in [5, 5.41) is 12.3. The van der Waals surface area contributed by atoms with Crippen LogP contribution in [-0.2, 0) is 11.8 Å². The highest BCUT2D eigenvalue weighted by Crippen LogP contribution is 2.40. The minimum atomic E-state index is -0.489. The van der Waals surface area contributed by atoms with Gasteiger partial charge in [-0.2, -0.15) is 5.10 Å². The second-order valence-electron chi connectivity index (χ2n) is 5.79. The van der Waals surface area contributed by atoms with E-state index in [0.29, 0.717) is 12.5 Å². The Kier molecular flexibility index (Phi) is 3.81. The van der Waals surface area contributed by atoms with Crippen LogP contribution >= 0.6 is 0 Å². The van der Waals surface area contributed by atoms with Gasteiger partial charge < -0.3 is 9.15 Å². The summed E-state index contributed by atoms with van der Waals surface area (Å²) < 4.78 is 27.2. The molecule has 0 N–H and O–H groups in total. The molecule has 1 fully saturated rings. The predicted molar refractivity (Wildman–Crippen MR) is 81.4 cm³/mol. The second-order valence-corrected chi connectivity index (χ2v) is 5.79. The van der Waals surface area contributed by atoms with Crippen LogP contribution in [0.2, 0.25) is 0 Å². The van der Waals surface area contributed by atoms with E-state index in [9.17, 15) is 4.39 Å². The van der Waals surface area contributed by atoms with Crippen LogP contribution in [0.3, 0.4) is 0 Å². The molecule has 2 atom stereocenters. The first-order chi connectivity index (χ1) is 11.7. The summed E-state index contributed by atoms with van der Waals surface area (Å²) in [5.74, 6) is 0.0423. The van der Waals surface area contributed by atoms with Gasteiger partial charge in [0.1, 0.15) is 0 Å². The van der Waals surface area contributed by atoms with E-state index in [-0.39, 0.29) is 23.5 Å². The van der Waals surface area contributed by atoms with Crippen molar-refractivity contribution in [3.63, 3.8) is 0 Å². The summed E-state index contributed by atoms with van der Waals surface area (Å²) in [6.45, 7) is 0.677. The Labute approximate surface area is 137 Å². The third-order valence-corrected chi connectivity index (χ3v) is 4.14. The van der Waals surface area contributed by atoms with Crippen molar-refractivity contribution in [2.75, 3.05) is 6.61 Å². The number of aryl methyl sites for hydroxylation is 1. The molecule has 4 rings (SSSR count).